The Bertz CT molecular complexity index is 1300. The number of hydrogen-bond donors (Lipinski definition) is 1. The minimum Gasteiger partial charge on any atom is -0.503 e. The molecule has 0 amide bonds. The summed E-state index contributed by atoms with van der Waals surface area (Å²) in [6.07, 6.45) is 23.7. The third kappa shape index (κ3) is 4.59. The Balaban J connectivity index is 1.83. The van der Waals surface area contributed by atoms with Gasteiger partial charge < -0.3 is 5.11 Å². The van der Waals surface area contributed by atoms with Crippen LogP contribution in [0.15, 0.2) is 120 Å². The lowest BCUT2D eigenvalue weighted by Gasteiger charge is -2.11. The van der Waals surface area contributed by atoms with Crippen molar-refractivity contribution >= 4 is 5.70 Å². The second-order valence-electron chi connectivity index (χ2n) is 6.59. The second-order valence-corrected chi connectivity index (χ2v) is 6.59. The van der Waals surface area contributed by atoms with Crippen molar-refractivity contribution in [1.29, 1.82) is 0 Å². The monoisotopic (exact) mass is 408 g/mol. The molecule has 0 saturated carbocycles. The number of aromatic nitrogens is 4. The van der Waals surface area contributed by atoms with Crippen molar-refractivity contribution in [2.45, 2.75) is 0 Å². The van der Waals surface area contributed by atoms with Crippen LogP contribution in [0.25, 0.3) is 22.8 Å². The summed E-state index contributed by atoms with van der Waals surface area (Å²) in [4.78, 5) is 12.7. The van der Waals surface area contributed by atoms with Gasteiger partial charge in [0.05, 0.1) is 29.5 Å². The van der Waals surface area contributed by atoms with Gasteiger partial charge in [-0.3, -0.25) is 4.79 Å². The van der Waals surface area contributed by atoms with Gasteiger partial charge >= 0.3 is 0 Å². The zero-order valence-corrected chi connectivity index (χ0v) is 16.6. The number of rotatable bonds is 3. The smallest absolute Gasteiger partial charge is 0.251 e. The van der Waals surface area contributed by atoms with Crippen LogP contribution in [0.3, 0.4) is 0 Å². The van der Waals surface area contributed by atoms with Gasteiger partial charge in [-0.1, -0.05) is 72.9 Å². The third-order valence-corrected chi connectivity index (χ3v) is 4.47. The first-order valence-electron chi connectivity index (χ1n) is 9.72. The highest BCUT2D eigenvalue weighted by Crippen LogP contribution is 2.20. The third-order valence-electron chi connectivity index (χ3n) is 4.47. The number of aromatic hydroxyl groups is 1. The van der Waals surface area contributed by atoms with Crippen LogP contribution in [0.5, 0.6) is 5.75 Å². The number of para-hydroxylation sites is 1. The Hall–Kier alpha value is -4.45. The van der Waals surface area contributed by atoms with Crippen molar-refractivity contribution in [2.24, 2.45) is 0 Å². The fourth-order valence-electron chi connectivity index (χ4n) is 3.00. The maximum absolute atomic E-state index is 12.7. The minimum absolute atomic E-state index is 0.101. The minimum atomic E-state index is -0.560. The molecule has 0 bridgehead atoms. The van der Waals surface area contributed by atoms with E-state index >= 15 is 0 Å². The highest BCUT2D eigenvalue weighted by molar-refractivity contribution is 5.63. The van der Waals surface area contributed by atoms with Crippen molar-refractivity contribution in [3.05, 3.63) is 126 Å². The lowest BCUT2D eigenvalue weighted by molar-refractivity contribution is 0.462. The molecule has 0 radical (unpaired) electrons. The average Bonchev–Trinajstić information content (AvgIpc) is 3.26. The summed E-state index contributed by atoms with van der Waals surface area (Å²) in [6, 6.07) is 11.1. The van der Waals surface area contributed by atoms with E-state index in [1.54, 1.807) is 16.9 Å². The van der Waals surface area contributed by atoms with Crippen molar-refractivity contribution in [3.63, 3.8) is 0 Å². The SMILES string of the molecule is O=c1c(O)cn(C2=C\C=C/C=C\C=C/C=C/C=C\2)nc1-c1ccnn1-c1ccccc1. The number of benzene rings is 1. The molecule has 2 heterocycles. The number of nitrogens with zero attached hydrogens (tertiary/aromatic N) is 4. The maximum atomic E-state index is 12.7. The molecule has 0 unspecified atom stereocenters. The van der Waals surface area contributed by atoms with E-state index in [-0.39, 0.29) is 5.69 Å². The molecule has 1 aliphatic rings. The van der Waals surface area contributed by atoms with Gasteiger partial charge in [-0.25, -0.2) is 9.36 Å². The zero-order chi connectivity index (χ0) is 21.5. The average molecular weight is 408 g/mol. The van der Waals surface area contributed by atoms with E-state index in [1.807, 2.05) is 97.2 Å². The van der Waals surface area contributed by atoms with E-state index in [9.17, 15) is 9.90 Å². The largest absolute Gasteiger partial charge is 0.503 e. The highest BCUT2D eigenvalue weighted by Gasteiger charge is 2.17. The molecule has 0 atom stereocenters. The summed E-state index contributed by atoms with van der Waals surface area (Å²) in [5, 5.41) is 19.2. The summed E-state index contributed by atoms with van der Waals surface area (Å²) in [5.74, 6) is -0.395. The summed E-state index contributed by atoms with van der Waals surface area (Å²) in [7, 11) is 0. The van der Waals surface area contributed by atoms with Crippen LogP contribution in [0.2, 0.25) is 0 Å². The Morgan fingerprint density at radius 1 is 0.806 bits per heavy atom. The molecule has 0 spiro atoms. The normalized spacial score (nSPS) is 20.5. The van der Waals surface area contributed by atoms with Gasteiger partial charge in [0.1, 0.15) is 0 Å². The van der Waals surface area contributed by atoms with E-state index in [0.29, 0.717) is 11.4 Å². The molecule has 0 fully saturated rings. The van der Waals surface area contributed by atoms with Crippen LogP contribution in [0, 0.1) is 0 Å². The topological polar surface area (TPSA) is 72.9 Å². The molecule has 1 aliphatic carbocycles. The fourth-order valence-corrected chi connectivity index (χ4v) is 3.00. The van der Waals surface area contributed by atoms with E-state index in [1.165, 1.54) is 10.9 Å². The first-order chi connectivity index (χ1) is 15.2. The van der Waals surface area contributed by atoms with E-state index in [4.69, 9.17) is 0 Å². The first-order valence-corrected chi connectivity index (χ1v) is 9.72. The molecule has 6 heteroatoms. The van der Waals surface area contributed by atoms with Crippen LogP contribution >= 0.6 is 0 Å². The van der Waals surface area contributed by atoms with Crippen LogP contribution in [-0.2, 0) is 0 Å². The standard InChI is InChI=1S/C25H20N4O2/c30-23-19-28(20-13-9-6-4-2-1-3-5-7-10-14-20)27-24(25(23)31)22-17-18-26-29(22)21-15-11-8-12-16-21/h1-19,30H/b2-1-,3-1?,4-2?,5-3-,6-4+,7-5?,9-6?,10-7-,13-9-,14-10?,20-13?,20-14-. The number of hydrogen-bond acceptors (Lipinski definition) is 4. The van der Waals surface area contributed by atoms with Gasteiger partial charge in [-0.15, -0.1) is 0 Å². The molecule has 1 aromatic carbocycles. The van der Waals surface area contributed by atoms with Crippen LogP contribution in [0.1, 0.15) is 0 Å². The molecule has 3 aromatic rings. The maximum Gasteiger partial charge on any atom is 0.251 e. The Kier molecular flexibility index (Phi) is 6.00. The Morgan fingerprint density at radius 2 is 1.48 bits per heavy atom. The summed E-state index contributed by atoms with van der Waals surface area (Å²) < 4.78 is 3.10. The molecule has 31 heavy (non-hydrogen) atoms. The van der Waals surface area contributed by atoms with Gasteiger partial charge in [0, 0.05) is 0 Å². The van der Waals surface area contributed by atoms with Crippen molar-refractivity contribution in [2.75, 3.05) is 0 Å². The van der Waals surface area contributed by atoms with Crippen LogP contribution < -0.4 is 5.43 Å². The van der Waals surface area contributed by atoms with E-state index in [2.05, 4.69) is 10.2 Å². The fraction of sp³-hybridized carbons (Fsp3) is 0. The van der Waals surface area contributed by atoms with Gasteiger partial charge in [0.2, 0.25) is 0 Å². The second kappa shape index (κ2) is 9.37. The summed E-state index contributed by atoms with van der Waals surface area (Å²) >= 11 is 0. The lowest BCUT2D eigenvalue weighted by atomic mass is 10.2. The van der Waals surface area contributed by atoms with Crippen LogP contribution in [-0.4, -0.2) is 24.7 Å². The molecule has 1 N–H and O–H groups in total. The Labute approximate surface area is 179 Å². The van der Waals surface area contributed by atoms with Crippen molar-refractivity contribution in [3.8, 4) is 22.8 Å². The molecule has 6 nitrogen and oxygen atoms in total. The van der Waals surface area contributed by atoms with Gasteiger partial charge in [0.25, 0.3) is 5.43 Å². The summed E-state index contributed by atoms with van der Waals surface area (Å²) in [5.41, 5.74) is 1.49. The predicted octanol–water partition coefficient (Wildman–Crippen LogP) is 4.44. The molecule has 0 aliphatic heterocycles. The van der Waals surface area contributed by atoms with Crippen LogP contribution in [0.4, 0.5) is 0 Å². The molecular formula is C25H20N4O2. The number of allylic oxidation sites excluding steroid dienone is 12. The van der Waals surface area contributed by atoms with E-state index < -0.39 is 11.2 Å². The van der Waals surface area contributed by atoms with Gasteiger partial charge in [-0.05, 0) is 30.4 Å². The van der Waals surface area contributed by atoms with Crippen molar-refractivity contribution in [1.82, 2.24) is 19.6 Å². The molecule has 2 aromatic heterocycles. The van der Waals surface area contributed by atoms with Gasteiger partial charge in [0.15, 0.2) is 11.4 Å². The molecule has 152 valence electrons. The van der Waals surface area contributed by atoms with Crippen molar-refractivity contribution < 1.29 is 5.11 Å². The summed E-state index contributed by atoms with van der Waals surface area (Å²) in [6.45, 7) is 0. The zero-order valence-electron chi connectivity index (χ0n) is 16.6. The highest BCUT2D eigenvalue weighted by atomic mass is 16.3. The van der Waals surface area contributed by atoms with Gasteiger partial charge in [-0.2, -0.15) is 10.2 Å². The molecule has 0 saturated heterocycles. The predicted molar refractivity (Wildman–Crippen MR) is 123 cm³/mol. The first kappa shape index (κ1) is 19.8. The van der Waals surface area contributed by atoms with E-state index in [0.717, 1.165) is 5.69 Å². The lowest BCUT2D eigenvalue weighted by Crippen LogP contribution is -2.16. The molecule has 4 rings (SSSR count). The quantitative estimate of drug-likeness (QED) is 0.696. The molecular weight excluding hydrogens is 388 g/mol. The Morgan fingerprint density at radius 3 is 2.23 bits per heavy atom.